The fourth-order valence-electron chi connectivity index (χ4n) is 3.21. The topological polar surface area (TPSA) is 38.1 Å². The Balaban J connectivity index is 1.86. The van der Waals surface area contributed by atoms with Gasteiger partial charge >= 0.3 is 6.18 Å². The van der Waals surface area contributed by atoms with Gasteiger partial charge in [0, 0.05) is 19.3 Å². The predicted octanol–water partition coefficient (Wildman–Crippen LogP) is 4.09. The fraction of sp³-hybridized carbons (Fsp3) is 0.412. The van der Waals surface area contributed by atoms with Crippen molar-refractivity contribution in [1.82, 2.24) is 9.78 Å². The summed E-state index contributed by atoms with van der Waals surface area (Å²) < 4.78 is 53.5. The summed E-state index contributed by atoms with van der Waals surface area (Å²) in [6.45, 7) is 2.27. The minimum atomic E-state index is -4.48. The summed E-state index contributed by atoms with van der Waals surface area (Å²) in [4.78, 5) is 13.6. The van der Waals surface area contributed by atoms with E-state index in [1.165, 1.54) is 29.9 Å². The molecule has 1 aliphatic heterocycles. The largest absolute Gasteiger partial charge is 0.435 e. The van der Waals surface area contributed by atoms with Crippen molar-refractivity contribution >= 4 is 11.5 Å². The van der Waals surface area contributed by atoms with Gasteiger partial charge in [-0.2, -0.15) is 18.3 Å². The average molecular weight is 355 g/mol. The molecule has 1 unspecified atom stereocenters. The highest BCUT2D eigenvalue weighted by atomic mass is 19.4. The van der Waals surface area contributed by atoms with Gasteiger partial charge < -0.3 is 4.90 Å². The SMILES string of the molecule is CC(=O)c1c(F)cccc1N1CCCC(n2ccc(C(F)(F)F)n2)C1. The van der Waals surface area contributed by atoms with Crippen LogP contribution in [0.25, 0.3) is 0 Å². The van der Waals surface area contributed by atoms with Gasteiger partial charge in [-0.15, -0.1) is 0 Å². The van der Waals surface area contributed by atoms with Gasteiger partial charge in [0.1, 0.15) is 5.82 Å². The number of rotatable bonds is 3. The summed E-state index contributed by atoms with van der Waals surface area (Å²) in [6, 6.07) is 5.09. The summed E-state index contributed by atoms with van der Waals surface area (Å²) in [5, 5.41) is 3.63. The van der Waals surface area contributed by atoms with E-state index in [-0.39, 0.29) is 17.4 Å². The maximum absolute atomic E-state index is 14.0. The monoisotopic (exact) mass is 355 g/mol. The quantitative estimate of drug-likeness (QED) is 0.615. The summed E-state index contributed by atoms with van der Waals surface area (Å²) in [5.41, 5.74) is -0.445. The van der Waals surface area contributed by atoms with E-state index in [1.807, 2.05) is 4.90 Å². The Bertz CT molecular complexity index is 784. The molecule has 2 aromatic rings. The molecule has 4 nitrogen and oxygen atoms in total. The molecule has 0 aliphatic carbocycles. The molecular formula is C17H17F4N3O. The zero-order chi connectivity index (χ0) is 18.2. The van der Waals surface area contributed by atoms with Crippen molar-refractivity contribution in [3.63, 3.8) is 0 Å². The molecule has 1 aliphatic rings. The maximum Gasteiger partial charge on any atom is 0.435 e. The van der Waals surface area contributed by atoms with E-state index in [1.54, 1.807) is 6.07 Å². The van der Waals surface area contributed by atoms with Crippen molar-refractivity contribution < 1.29 is 22.4 Å². The molecule has 0 bridgehead atoms. The first-order valence-corrected chi connectivity index (χ1v) is 7.94. The van der Waals surface area contributed by atoms with Gasteiger partial charge in [0.25, 0.3) is 0 Å². The zero-order valence-electron chi connectivity index (χ0n) is 13.6. The second-order valence-electron chi connectivity index (χ2n) is 6.11. The van der Waals surface area contributed by atoms with Crippen LogP contribution in [0, 0.1) is 5.82 Å². The molecule has 1 aromatic carbocycles. The Kier molecular flexibility index (Phi) is 4.53. The lowest BCUT2D eigenvalue weighted by Gasteiger charge is -2.35. The molecule has 8 heteroatoms. The van der Waals surface area contributed by atoms with E-state index in [0.717, 1.165) is 6.07 Å². The number of carbonyl (C=O) groups is 1. The second-order valence-corrected chi connectivity index (χ2v) is 6.11. The third kappa shape index (κ3) is 3.52. The molecule has 1 atom stereocenters. The lowest BCUT2D eigenvalue weighted by molar-refractivity contribution is -0.141. The molecule has 1 fully saturated rings. The van der Waals surface area contributed by atoms with Gasteiger partial charge in [-0.05, 0) is 38.0 Å². The lowest BCUT2D eigenvalue weighted by Crippen LogP contribution is -2.37. The Morgan fingerprint density at radius 3 is 2.68 bits per heavy atom. The van der Waals surface area contributed by atoms with Gasteiger partial charge in [-0.1, -0.05) is 6.07 Å². The number of aromatic nitrogens is 2. The van der Waals surface area contributed by atoms with Crippen molar-refractivity contribution in [3.8, 4) is 0 Å². The van der Waals surface area contributed by atoms with Crippen LogP contribution in [-0.4, -0.2) is 28.7 Å². The first-order valence-electron chi connectivity index (χ1n) is 7.94. The first-order chi connectivity index (χ1) is 11.8. The third-order valence-electron chi connectivity index (χ3n) is 4.35. The van der Waals surface area contributed by atoms with Crippen molar-refractivity contribution in [2.45, 2.75) is 32.0 Å². The number of Topliss-reactive ketones (excluding diaryl/α,β-unsaturated/α-hetero) is 1. The molecule has 134 valence electrons. The van der Waals surface area contributed by atoms with Crippen molar-refractivity contribution in [3.05, 3.63) is 47.5 Å². The van der Waals surface area contributed by atoms with Crippen LogP contribution in [-0.2, 0) is 6.18 Å². The fourth-order valence-corrected chi connectivity index (χ4v) is 3.21. The lowest BCUT2D eigenvalue weighted by atomic mass is 10.0. The molecule has 2 heterocycles. The number of hydrogen-bond donors (Lipinski definition) is 0. The van der Waals surface area contributed by atoms with Crippen LogP contribution >= 0.6 is 0 Å². The summed E-state index contributed by atoms with van der Waals surface area (Å²) in [6.07, 6.45) is -1.79. The zero-order valence-corrected chi connectivity index (χ0v) is 13.6. The minimum Gasteiger partial charge on any atom is -0.369 e. The van der Waals surface area contributed by atoms with E-state index in [2.05, 4.69) is 5.10 Å². The number of nitrogens with zero attached hydrogens (tertiary/aromatic N) is 3. The molecular weight excluding hydrogens is 338 g/mol. The minimum absolute atomic E-state index is 0.0135. The molecule has 1 aromatic heterocycles. The Morgan fingerprint density at radius 1 is 1.28 bits per heavy atom. The maximum atomic E-state index is 14.0. The van der Waals surface area contributed by atoms with Gasteiger partial charge in [0.05, 0.1) is 17.3 Å². The van der Waals surface area contributed by atoms with Crippen LogP contribution < -0.4 is 4.90 Å². The summed E-state index contributed by atoms with van der Waals surface area (Å²) >= 11 is 0. The molecule has 0 spiro atoms. The highest BCUT2D eigenvalue weighted by Gasteiger charge is 2.34. The van der Waals surface area contributed by atoms with E-state index < -0.39 is 17.7 Å². The van der Waals surface area contributed by atoms with E-state index in [0.29, 0.717) is 31.6 Å². The van der Waals surface area contributed by atoms with Gasteiger partial charge in [0.15, 0.2) is 11.5 Å². The number of alkyl halides is 3. The molecule has 1 saturated heterocycles. The highest BCUT2D eigenvalue weighted by Crippen LogP contribution is 2.32. The van der Waals surface area contributed by atoms with Crippen molar-refractivity contribution in [2.75, 3.05) is 18.0 Å². The van der Waals surface area contributed by atoms with Crippen LogP contribution in [0.3, 0.4) is 0 Å². The molecule has 0 radical (unpaired) electrons. The van der Waals surface area contributed by atoms with Crippen molar-refractivity contribution in [2.24, 2.45) is 0 Å². The first kappa shape index (κ1) is 17.4. The summed E-state index contributed by atoms with van der Waals surface area (Å²) in [7, 11) is 0. The highest BCUT2D eigenvalue weighted by molar-refractivity contribution is 6.00. The molecule has 3 rings (SSSR count). The predicted molar refractivity (Wildman–Crippen MR) is 84.1 cm³/mol. The number of carbonyl (C=O) groups excluding carboxylic acids is 1. The number of benzene rings is 1. The molecule has 0 saturated carbocycles. The standard InChI is InChI=1S/C17H17F4N3O/c1-11(25)16-13(18)5-2-6-14(16)23-8-3-4-12(10-23)24-9-7-15(22-24)17(19,20)21/h2,5-7,9,12H,3-4,8,10H2,1H3. The van der Waals surface area contributed by atoms with Crippen LogP contribution in [0.4, 0.5) is 23.2 Å². The van der Waals surface area contributed by atoms with Crippen LogP contribution in [0.15, 0.2) is 30.5 Å². The van der Waals surface area contributed by atoms with Crippen molar-refractivity contribution in [1.29, 1.82) is 0 Å². The Hall–Kier alpha value is -2.38. The number of hydrogen-bond acceptors (Lipinski definition) is 3. The number of anilines is 1. The number of halogens is 4. The van der Waals surface area contributed by atoms with Crippen LogP contribution in [0.2, 0.25) is 0 Å². The average Bonchev–Trinajstić information content (AvgIpc) is 3.04. The number of piperidine rings is 1. The molecule has 0 N–H and O–H groups in total. The van der Waals surface area contributed by atoms with Gasteiger partial charge in [-0.3, -0.25) is 9.48 Å². The van der Waals surface area contributed by atoms with E-state index in [9.17, 15) is 22.4 Å². The Morgan fingerprint density at radius 2 is 2.04 bits per heavy atom. The third-order valence-corrected chi connectivity index (χ3v) is 4.35. The van der Waals surface area contributed by atoms with Gasteiger partial charge in [-0.25, -0.2) is 4.39 Å². The van der Waals surface area contributed by atoms with Crippen LogP contribution in [0.1, 0.15) is 41.9 Å². The number of ketones is 1. The van der Waals surface area contributed by atoms with Gasteiger partial charge in [0.2, 0.25) is 0 Å². The van der Waals surface area contributed by atoms with Crippen LogP contribution in [0.5, 0.6) is 0 Å². The van der Waals surface area contributed by atoms with E-state index in [4.69, 9.17) is 0 Å². The Labute approximate surface area is 142 Å². The second kappa shape index (κ2) is 6.50. The molecule has 0 amide bonds. The van der Waals surface area contributed by atoms with E-state index >= 15 is 0 Å². The summed E-state index contributed by atoms with van der Waals surface area (Å²) in [5.74, 6) is -0.973. The smallest absolute Gasteiger partial charge is 0.369 e. The normalized spacial score (nSPS) is 18.4. The molecule has 25 heavy (non-hydrogen) atoms.